The Morgan fingerprint density at radius 2 is 1.35 bits per heavy atom. The van der Waals surface area contributed by atoms with Crippen LogP contribution in [0.25, 0.3) is 0 Å². The van der Waals surface area contributed by atoms with Gasteiger partial charge in [-0.05, 0) is 25.7 Å². The Kier molecular flexibility index (Phi) is 1.70. The predicted octanol–water partition coefficient (Wildman–Crippen LogP) is 1.35. The Hall–Kier alpha value is -1.52. The fraction of sp³-hybridized carbons (Fsp3) is 0.733. The van der Waals surface area contributed by atoms with Crippen molar-refractivity contribution in [3.8, 4) is 0 Å². The molecule has 106 valence electrons. The van der Waals surface area contributed by atoms with Crippen molar-refractivity contribution in [1.82, 2.24) is 13.9 Å². The van der Waals surface area contributed by atoms with Gasteiger partial charge in [-0.3, -0.25) is 0 Å². The molecule has 5 nitrogen and oxygen atoms in total. The van der Waals surface area contributed by atoms with Crippen LogP contribution in [0.1, 0.15) is 50.6 Å². The lowest BCUT2D eigenvalue weighted by Gasteiger charge is -2.71. The second-order valence-electron chi connectivity index (χ2n) is 7.11. The standard InChI is InChI=1S/C15H19N3O2/c1-16-12(19)17-10-4-5-11(18(17)13(16)20)15-7-3-2-6-14(10,15)8-9-15/h4-5,10-11H,2-3,6-9H2,1H3/t10-,11?,14-,15?/m0/s1. The van der Waals surface area contributed by atoms with Gasteiger partial charge >= 0.3 is 11.4 Å². The van der Waals surface area contributed by atoms with Crippen LogP contribution in [0.3, 0.4) is 0 Å². The van der Waals surface area contributed by atoms with Crippen molar-refractivity contribution in [2.45, 2.75) is 50.6 Å². The molecule has 5 heteroatoms. The SMILES string of the molecule is Cn1c(=O)n2n(c1=O)[C@H]1C=CC2C23CCCC[C@]12CC3. The minimum Gasteiger partial charge on any atom is -0.246 e. The summed E-state index contributed by atoms with van der Waals surface area (Å²) in [6.07, 6.45) is 11.8. The Labute approximate surface area is 116 Å². The molecule has 6 rings (SSSR count). The molecular weight excluding hydrogens is 254 g/mol. The lowest BCUT2D eigenvalue weighted by molar-refractivity contribution is -0.202. The molecule has 0 amide bonds. The van der Waals surface area contributed by atoms with Crippen LogP contribution >= 0.6 is 0 Å². The van der Waals surface area contributed by atoms with E-state index in [2.05, 4.69) is 12.2 Å². The molecular formula is C15H19N3O2. The summed E-state index contributed by atoms with van der Waals surface area (Å²) >= 11 is 0. The molecule has 0 spiro atoms. The number of hydrogen-bond acceptors (Lipinski definition) is 2. The maximum Gasteiger partial charge on any atom is 0.347 e. The summed E-state index contributed by atoms with van der Waals surface area (Å²) in [5, 5.41) is 0. The first-order valence-electron chi connectivity index (χ1n) is 7.71. The molecule has 2 unspecified atom stereocenters. The number of allylic oxidation sites excluding steroid dienone is 2. The van der Waals surface area contributed by atoms with Crippen LogP contribution < -0.4 is 11.4 Å². The monoisotopic (exact) mass is 273 g/mol. The van der Waals surface area contributed by atoms with E-state index < -0.39 is 0 Å². The lowest BCUT2D eigenvalue weighted by atomic mass is 9.37. The van der Waals surface area contributed by atoms with E-state index in [0.29, 0.717) is 0 Å². The first-order chi connectivity index (χ1) is 9.62. The molecule has 4 atom stereocenters. The summed E-state index contributed by atoms with van der Waals surface area (Å²) in [6, 6.07) is 0.200. The number of hydrogen-bond donors (Lipinski definition) is 0. The highest BCUT2D eigenvalue weighted by atomic mass is 16.2. The quantitative estimate of drug-likeness (QED) is 0.670. The molecule has 0 saturated heterocycles. The Morgan fingerprint density at radius 1 is 0.900 bits per heavy atom. The summed E-state index contributed by atoms with van der Waals surface area (Å²) in [5.41, 5.74) is 0.217. The van der Waals surface area contributed by atoms with E-state index in [1.165, 1.54) is 43.1 Å². The molecule has 5 aliphatic rings. The normalized spacial score (nSPS) is 43.6. The predicted molar refractivity (Wildman–Crippen MR) is 73.7 cm³/mol. The van der Waals surface area contributed by atoms with Gasteiger partial charge in [0.1, 0.15) is 0 Å². The second-order valence-corrected chi connectivity index (χ2v) is 7.11. The Bertz CT molecular complexity index is 706. The third kappa shape index (κ3) is 0.842. The summed E-state index contributed by atoms with van der Waals surface area (Å²) in [7, 11) is 1.60. The van der Waals surface area contributed by atoms with Crippen LogP contribution in [0.4, 0.5) is 0 Å². The molecule has 0 aromatic carbocycles. The molecule has 20 heavy (non-hydrogen) atoms. The average molecular weight is 273 g/mol. The highest BCUT2D eigenvalue weighted by molar-refractivity contribution is 5.29. The Morgan fingerprint density at radius 3 is 1.75 bits per heavy atom. The van der Waals surface area contributed by atoms with E-state index in [1.807, 2.05) is 0 Å². The number of aromatic nitrogens is 3. The van der Waals surface area contributed by atoms with Crippen LogP contribution in [0.5, 0.6) is 0 Å². The Balaban J connectivity index is 1.89. The fourth-order valence-electron chi connectivity index (χ4n) is 5.87. The van der Waals surface area contributed by atoms with Gasteiger partial charge in [0.05, 0.1) is 12.1 Å². The molecule has 2 bridgehead atoms. The van der Waals surface area contributed by atoms with Crippen molar-refractivity contribution >= 4 is 0 Å². The minimum atomic E-state index is -0.144. The zero-order valence-corrected chi connectivity index (χ0v) is 11.7. The van der Waals surface area contributed by atoms with Crippen molar-refractivity contribution in [2.24, 2.45) is 17.9 Å². The van der Waals surface area contributed by atoms with Crippen molar-refractivity contribution < 1.29 is 0 Å². The smallest absolute Gasteiger partial charge is 0.246 e. The third-order valence-electron chi connectivity index (χ3n) is 6.84. The van der Waals surface area contributed by atoms with Gasteiger partial charge < -0.3 is 0 Å². The highest BCUT2D eigenvalue weighted by Crippen LogP contribution is 2.76. The second kappa shape index (κ2) is 3.05. The molecule has 3 aliphatic carbocycles. The van der Waals surface area contributed by atoms with E-state index in [0.717, 1.165) is 0 Å². The maximum atomic E-state index is 12.4. The van der Waals surface area contributed by atoms with Crippen LogP contribution in [-0.4, -0.2) is 13.9 Å². The van der Waals surface area contributed by atoms with Crippen LogP contribution in [0, 0.1) is 10.8 Å². The largest absolute Gasteiger partial charge is 0.347 e. The van der Waals surface area contributed by atoms with Crippen LogP contribution in [0.2, 0.25) is 0 Å². The zero-order chi connectivity index (χ0) is 13.7. The molecule has 1 aromatic rings. The van der Waals surface area contributed by atoms with Gasteiger partial charge in [0.15, 0.2) is 0 Å². The van der Waals surface area contributed by atoms with Crippen LogP contribution in [0.15, 0.2) is 21.7 Å². The van der Waals surface area contributed by atoms with E-state index >= 15 is 0 Å². The molecule has 1 aromatic heterocycles. The molecule has 2 aliphatic heterocycles. The van der Waals surface area contributed by atoms with Crippen molar-refractivity contribution in [1.29, 1.82) is 0 Å². The summed E-state index contributed by atoms with van der Waals surface area (Å²) < 4.78 is 4.79. The first-order valence-corrected chi connectivity index (χ1v) is 7.71. The molecule has 2 saturated carbocycles. The summed E-state index contributed by atoms with van der Waals surface area (Å²) in [4.78, 5) is 24.9. The van der Waals surface area contributed by atoms with Gasteiger partial charge in [0, 0.05) is 17.9 Å². The van der Waals surface area contributed by atoms with Gasteiger partial charge in [-0.25, -0.2) is 23.5 Å². The molecule has 0 radical (unpaired) electrons. The van der Waals surface area contributed by atoms with Crippen molar-refractivity contribution in [2.75, 3.05) is 0 Å². The third-order valence-corrected chi connectivity index (χ3v) is 6.84. The summed E-state index contributed by atoms with van der Waals surface area (Å²) in [5.74, 6) is 0. The van der Waals surface area contributed by atoms with E-state index in [4.69, 9.17) is 0 Å². The van der Waals surface area contributed by atoms with Gasteiger partial charge in [-0.15, -0.1) is 0 Å². The van der Waals surface area contributed by atoms with Gasteiger partial charge in [0.25, 0.3) is 0 Å². The number of rotatable bonds is 0. The van der Waals surface area contributed by atoms with Crippen molar-refractivity contribution in [3.05, 3.63) is 33.1 Å². The zero-order valence-electron chi connectivity index (χ0n) is 11.7. The number of nitrogens with zero attached hydrogens (tertiary/aromatic N) is 3. The fourth-order valence-corrected chi connectivity index (χ4v) is 5.87. The lowest BCUT2D eigenvalue weighted by Crippen LogP contribution is -2.68. The van der Waals surface area contributed by atoms with Gasteiger partial charge in [0.2, 0.25) is 0 Å². The molecule has 0 N–H and O–H groups in total. The van der Waals surface area contributed by atoms with Crippen LogP contribution in [-0.2, 0) is 7.05 Å². The first kappa shape index (κ1) is 11.2. The topological polar surface area (TPSA) is 48.9 Å². The minimum absolute atomic E-state index is 0.1000. The molecule has 2 fully saturated rings. The highest BCUT2D eigenvalue weighted by Gasteiger charge is 2.70. The van der Waals surface area contributed by atoms with Gasteiger partial charge in [-0.2, -0.15) is 0 Å². The van der Waals surface area contributed by atoms with E-state index in [1.54, 1.807) is 16.4 Å². The maximum absolute atomic E-state index is 12.4. The summed E-state index contributed by atoms with van der Waals surface area (Å²) in [6.45, 7) is 0. The van der Waals surface area contributed by atoms with E-state index in [-0.39, 0.29) is 34.3 Å². The average Bonchev–Trinajstić information content (AvgIpc) is 2.67. The molecule has 3 heterocycles. The van der Waals surface area contributed by atoms with E-state index in [9.17, 15) is 9.59 Å². The van der Waals surface area contributed by atoms with Gasteiger partial charge in [-0.1, -0.05) is 25.0 Å². The van der Waals surface area contributed by atoms with Crippen molar-refractivity contribution in [3.63, 3.8) is 0 Å².